The number of alkyl halides is 4. The average Bonchev–Trinajstić information content (AvgIpc) is 2.92. The molecule has 0 unspecified atom stereocenters. The fourth-order valence-electron chi connectivity index (χ4n) is 3.08. The van der Waals surface area contributed by atoms with Crippen LogP contribution in [0.3, 0.4) is 0 Å². The van der Waals surface area contributed by atoms with Crippen LogP contribution in [-0.2, 0) is 20.5 Å². The molecule has 0 radical (unpaired) electrons. The number of carboxylic acids is 1. The maximum absolute atomic E-state index is 13.7. The third-order valence-electron chi connectivity index (χ3n) is 4.09. The van der Waals surface area contributed by atoms with E-state index in [9.17, 15) is 36.6 Å². The van der Waals surface area contributed by atoms with Crippen LogP contribution in [0.5, 0.6) is 0 Å². The molecular formula is C16H10F5NO4. The highest BCUT2D eigenvalue weighted by molar-refractivity contribution is 6.00. The Balaban J connectivity index is 2.33. The molecule has 0 aliphatic carbocycles. The van der Waals surface area contributed by atoms with Crippen molar-refractivity contribution in [3.8, 4) is 0 Å². The number of ether oxygens (including phenoxy) is 1. The second-order valence-corrected chi connectivity index (χ2v) is 5.59. The molecule has 1 aromatic carbocycles. The highest BCUT2D eigenvalue weighted by Gasteiger charge is 2.46. The van der Waals surface area contributed by atoms with Crippen LogP contribution in [0.2, 0.25) is 0 Å². The Morgan fingerprint density at radius 1 is 1.35 bits per heavy atom. The van der Waals surface area contributed by atoms with Crippen molar-refractivity contribution in [3.63, 3.8) is 0 Å². The number of benzene rings is 1. The van der Waals surface area contributed by atoms with E-state index in [2.05, 4.69) is 5.32 Å². The van der Waals surface area contributed by atoms with E-state index in [0.29, 0.717) is 18.2 Å². The maximum Gasteiger partial charge on any atom is 0.416 e. The lowest BCUT2D eigenvalue weighted by molar-refractivity contribution is -0.140. The van der Waals surface area contributed by atoms with Crippen LogP contribution in [0.15, 0.2) is 40.7 Å². The van der Waals surface area contributed by atoms with Crippen molar-refractivity contribution in [1.82, 2.24) is 5.32 Å². The van der Waals surface area contributed by atoms with Gasteiger partial charge in [-0.3, -0.25) is 0 Å². The predicted molar refractivity (Wildman–Crippen MR) is 75.9 cm³/mol. The van der Waals surface area contributed by atoms with Gasteiger partial charge in [0.1, 0.15) is 19.1 Å². The van der Waals surface area contributed by atoms with Crippen LogP contribution >= 0.6 is 0 Å². The van der Waals surface area contributed by atoms with E-state index >= 15 is 0 Å². The van der Waals surface area contributed by atoms with Crippen LogP contribution in [0.1, 0.15) is 17.0 Å². The summed E-state index contributed by atoms with van der Waals surface area (Å²) in [5, 5.41) is 11.8. The number of carbonyl (C=O) groups is 2. The van der Waals surface area contributed by atoms with E-state index in [1.165, 1.54) is 0 Å². The van der Waals surface area contributed by atoms with Crippen molar-refractivity contribution in [3.05, 3.63) is 57.7 Å². The molecule has 0 amide bonds. The molecule has 0 saturated carbocycles. The summed E-state index contributed by atoms with van der Waals surface area (Å²) >= 11 is 0. The van der Waals surface area contributed by atoms with Gasteiger partial charge >= 0.3 is 18.1 Å². The zero-order chi connectivity index (χ0) is 19.2. The molecule has 0 spiro atoms. The van der Waals surface area contributed by atoms with Gasteiger partial charge in [0.15, 0.2) is 0 Å². The number of esters is 1. The SMILES string of the molecule is O=C(O)C1=C(CF)NC2=C(C(=O)OC2)[C@@H]1c1cc(F)ccc1C(F)(F)F. The van der Waals surface area contributed by atoms with Gasteiger partial charge in [0.25, 0.3) is 0 Å². The lowest BCUT2D eigenvalue weighted by Crippen LogP contribution is -2.32. The van der Waals surface area contributed by atoms with Crippen LogP contribution in [0.25, 0.3) is 0 Å². The second kappa shape index (κ2) is 6.11. The van der Waals surface area contributed by atoms with E-state index in [1.54, 1.807) is 0 Å². The van der Waals surface area contributed by atoms with Crippen molar-refractivity contribution < 1.29 is 41.4 Å². The lowest BCUT2D eigenvalue weighted by Gasteiger charge is -2.28. The smallest absolute Gasteiger partial charge is 0.416 e. The van der Waals surface area contributed by atoms with Gasteiger partial charge in [-0.05, 0) is 23.8 Å². The second-order valence-electron chi connectivity index (χ2n) is 5.59. The number of hydrogen-bond donors (Lipinski definition) is 2. The number of dihydropyridines is 1. The molecule has 2 aliphatic rings. The Morgan fingerprint density at radius 3 is 2.62 bits per heavy atom. The molecule has 2 N–H and O–H groups in total. The molecule has 0 saturated heterocycles. The summed E-state index contributed by atoms with van der Waals surface area (Å²) in [4.78, 5) is 23.6. The first-order chi connectivity index (χ1) is 12.1. The summed E-state index contributed by atoms with van der Waals surface area (Å²) in [6.45, 7) is -1.71. The standard InChI is InChI=1S/C16H10F5NO4/c17-4-9-12(14(23)24)11(13-10(22-9)5-26-15(13)25)7-3-6(18)1-2-8(7)16(19,20)21/h1-3,11,22H,4-5H2,(H,23,24)/t11-/m1/s1. The summed E-state index contributed by atoms with van der Waals surface area (Å²) in [7, 11) is 0. The molecule has 0 bridgehead atoms. The Hall–Kier alpha value is -2.91. The van der Waals surface area contributed by atoms with Gasteiger partial charge < -0.3 is 15.2 Å². The molecule has 0 fully saturated rings. The minimum Gasteiger partial charge on any atom is -0.478 e. The summed E-state index contributed by atoms with van der Waals surface area (Å²) in [6, 6.07) is 1.51. The first-order valence-corrected chi connectivity index (χ1v) is 7.21. The van der Waals surface area contributed by atoms with Gasteiger partial charge in [0.2, 0.25) is 0 Å². The zero-order valence-corrected chi connectivity index (χ0v) is 12.8. The van der Waals surface area contributed by atoms with E-state index < -0.39 is 64.5 Å². The molecule has 1 atom stereocenters. The van der Waals surface area contributed by atoms with Crippen molar-refractivity contribution in [1.29, 1.82) is 0 Å². The highest BCUT2D eigenvalue weighted by Crippen LogP contribution is 2.45. The van der Waals surface area contributed by atoms with Crippen LogP contribution < -0.4 is 5.32 Å². The van der Waals surface area contributed by atoms with Crippen molar-refractivity contribution >= 4 is 11.9 Å². The van der Waals surface area contributed by atoms with Crippen LogP contribution in [0, 0.1) is 5.82 Å². The number of hydrogen-bond acceptors (Lipinski definition) is 4. The molecule has 138 valence electrons. The van der Waals surface area contributed by atoms with Crippen molar-refractivity contribution in [2.45, 2.75) is 12.1 Å². The molecule has 5 nitrogen and oxygen atoms in total. The number of allylic oxidation sites excluding steroid dienone is 1. The van der Waals surface area contributed by atoms with Crippen molar-refractivity contribution in [2.75, 3.05) is 13.3 Å². The normalized spacial score (nSPS) is 20.0. The molecular weight excluding hydrogens is 365 g/mol. The van der Waals surface area contributed by atoms with Gasteiger partial charge in [-0.15, -0.1) is 0 Å². The number of halogens is 5. The molecule has 10 heteroatoms. The summed E-state index contributed by atoms with van der Waals surface area (Å²) in [5.41, 5.74) is -3.90. The quantitative estimate of drug-likeness (QED) is 0.628. The van der Waals surface area contributed by atoms with Gasteiger partial charge in [0, 0.05) is 0 Å². The summed E-state index contributed by atoms with van der Waals surface area (Å²) in [5.74, 6) is -5.67. The fourth-order valence-corrected chi connectivity index (χ4v) is 3.08. The first-order valence-electron chi connectivity index (χ1n) is 7.21. The number of cyclic esters (lactones) is 1. The number of aliphatic carboxylic acids is 1. The number of nitrogens with one attached hydrogen (secondary N) is 1. The molecule has 3 rings (SSSR count). The third kappa shape index (κ3) is 2.80. The highest BCUT2D eigenvalue weighted by atomic mass is 19.4. The predicted octanol–water partition coefficient (Wildman–Crippen LogP) is 2.65. The molecule has 1 aromatic rings. The Kier molecular flexibility index (Phi) is 4.21. The average molecular weight is 375 g/mol. The van der Waals surface area contributed by atoms with E-state index in [0.717, 1.165) is 0 Å². The summed E-state index contributed by atoms with van der Waals surface area (Å²) in [6.07, 6.45) is -4.95. The largest absolute Gasteiger partial charge is 0.478 e. The topological polar surface area (TPSA) is 75.6 Å². The van der Waals surface area contributed by atoms with E-state index in [4.69, 9.17) is 4.74 Å². The molecule has 2 heterocycles. The first kappa shape index (κ1) is 17.9. The van der Waals surface area contributed by atoms with E-state index in [-0.39, 0.29) is 12.3 Å². The minimum absolute atomic E-state index is 0.0463. The fraction of sp³-hybridized carbons (Fsp3) is 0.250. The van der Waals surface area contributed by atoms with Gasteiger partial charge in [0.05, 0.1) is 34.0 Å². The summed E-state index contributed by atoms with van der Waals surface area (Å²) < 4.78 is 71.9. The van der Waals surface area contributed by atoms with Gasteiger partial charge in [-0.2, -0.15) is 13.2 Å². The Morgan fingerprint density at radius 2 is 2.04 bits per heavy atom. The third-order valence-corrected chi connectivity index (χ3v) is 4.09. The van der Waals surface area contributed by atoms with Gasteiger partial charge in [-0.1, -0.05) is 0 Å². The number of rotatable bonds is 3. The Bertz CT molecular complexity index is 872. The van der Waals surface area contributed by atoms with E-state index in [1.807, 2.05) is 0 Å². The number of carbonyl (C=O) groups excluding carboxylic acids is 1. The van der Waals surface area contributed by atoms with Crippen molar-refractivity contribution in [2.24, 2.45) is 0 Å². The van der Waals surface area contributed by atoms with Crippen LogP contribution in [0.4, 0.5) is 22.0 Å². The Labute approximate surface area is 142 Å². The monoisotopic (exact) mass is 375 g/mol. The maximum atomic E-state index is 13.7. The van der Waals surface area contributed by atoms with Crippen LogP contribution in [-0.4, -0.2) is 30.3 Å². The molecule has 0 aromatic heterocycles. The number of carboxylic acid groups (broad SMARTS) is 1. The molecule has 26 heavy (non-hydrogen) atoms. The van der Waals surface area contributed by atoms with Gasteiger partial charge in [-0.25, -0.2) is 18.4 Å². The zero-order valence-electron chi connectivity index (χ0n) is 12.8. The lowest BCUT2D eigenvalue weighted by atomic mass is 9.79. The minimum atomic E-state index is -4.95. The molecule has 2 aliphatic heterocycles.